The first-order chi connectivity index (χ1) is 15.1. The number of carbonyl (C=O) groups excluding carboxylic acids is 1. The Morgan fingerprint density at radius 1 is 1.16 bits per heavy atom. The van der Waals surface area contributed by atoms with Gasteiger partial charge in [0.15, 0.2) is 17.3 Å². The minimum Gasteiger partial charge on any atom is -0.434 e. The molecule has 4 aromatic heterocycles. The molecule has 0 unspecified atom stereocenters. The van der Waals surface area contributed by atoms with Crippen molar-refractivity contribution in [1.29, 1.82) is 0 Å². The van der Waals surface area contributed by atoms with E-state index < -0.39 is 12.0 Å². The molecular weight excluding hydrogens is 405 g/mol. The molecule has 0 aliphatic carbocycles. The summed E-state index contributed by atoms with van der Waals surface area (Å²) in [6.07, 6.45) is 6.97. The van der Waals surface area contributed by atoms with Crippen molar-refractivity contribution in [2.75, 3.05) is 6.61 Å². The number of ether oxygens (including phenoxy) is 2. The molecule has 0 aromatic carbocycles. The number of aryl methyl sites for hydroxylation is 1. The average molecular weight is 425 g/mol. The van der Waals surface area contributed by atoms with Crippen LogP contribution < -0.4 is 4.74 Å². The number of halogens is 1. The lowest BCUT2D eigenvalue weighted by Crippen LogP contribution is -2.13. The Morgan fingerprint density at radius 2 is 2.03 bits per heavy atom. The third-order valence-corrected chi connectivity index (χ3v) is 4.55. The summed E-state index contributed by atoms with van der Waals surface area (Å²) in [5, 5.41) is 8.12. The Morgan fingerprint density at radius 3 is 2.81 bits per heavy atom. The molecule has 10 nitrogen and oxygen atoms in total. The summed E-state index contributed by atoms with van der Waals surface area (Å²) in [4.78, 5) is 24.6. The Hall–Kier alpha value is -3.89. The van der Waals surface area contributed by atoms with E-state index >= 15 is 0 Å². The molecule has 0 saturated carbocycles. The van der Waals surface area contributed by atoms with Crippen LogP contribution in [0.25, 0.3) is 17.2 Å². The lowest BCUT2D eigenvalue weighted by atomic mass is 10.1. The van der Waals surface area contributed by atoms with Gasteiger partial charge in [-0.05, 0) is 25.5 Å². The van der Waals surface area contributed by atoms with E-state index in [2.05, 4.69) is 25.1 Å². The number of hydrogen-bond donors (Lipinski definition) is 0. The molecule has 0 atom stereocenters. The van der Waals surface area contributed by atoms with Gasteiger partial charge >= 0.3 is 12.2 Å². The third kappa shape index (κ3) is 4.06. The average Bonchev–Trinajstić information content (AvgIpc) is 3.38. The van der Waals surface area contributed by atoms with Gasteiger partial charge in [-0.15, -0.1) is 5.10 Å². The lowest BCUT2D eigenvalue weighted by Gasteiger charge is -2.12. The summed E-state index contributed by atoms with van der Waals surface area (Å²) in [5.41, 5.74) is 2.26. The minimum absolute atomic E-state index is 0.0243. The van der Waals surface area contributed by atoms with Gasteiger partial charge in [-0.1, -0.05) is 18.4 Å². The van der Waals surface area contributed by atoms with Crippen LogP contribution in [0.1, 0.15) is 31.5 Å². The molecule has 4 aromatic rings. The van der Waals surface area contributed by atoms with Crippen LogP contribution in [0.5, 0.6) is 6.01 Å². The van der Waals surface area contributed by atoms with Crippen LogP contribution in [0.4, 0.5) is 9.18 Å². The van der Waals surface area contributed by atoms with Crippen LogP contribution in [0.15, 0.2) is 37.1 Å². The van der Waals surface area contributed by atoms with E-state index in [0.29, 0.717) is 24.4 Å². The van der Waals surface area contributed by atoms with Crippen LogP contribution in [-0.2, 0) is 17.7 Å². The standard InChI is InChI=1S/C20H20FN7O3/c1-3-6-13-15(11-27-10-9-23-18(27)16-14(21)7-5-8-22-16)24-12-28-17(13)25-26-19(28)31-20(29)30-4-2/h5,7-10,12H,3-4,6,11H2,1-2H3. The first-order valence-electron chi connectivity index (χ1n) is 9.80. The molecule has 0 bridgehead atoms. The number of imidazole rings is 1. The van der Waals surface area contributed by atoms with Crippen molar-refractivity contribution in [2.45, 2.75) is 33.2 Å². The van der Waals surface area contributed by atoms with Crippen molar-refractivity contribution >= 4 is 11.8 Å². The second-order valence-electron chi connectivity index (χ2n) is 6.59. The first kappa shape index (κ1) is 20.4. The number of fused-ring (bicyclic) bond motifs is 1. The van der Waals surface area contributed by atoms with Crippen LogP contribution in [0.2, 0.25) is 0 Å². The van der Waals surface area contributed by atoms with E-state index in [4.69, 9.17) is 9.47 Å². The molecule has 0 spiro atoms. The summed E-state index contributed by atoms with van der Waals surface area (Å²) in [7, 11) is 0. The fourth-order valence-corrected chi connectivity index (χ4v) is 3.22. The molecule has 11 heteroatoms. The summed E-state index contributed by atoms with van der Waals surface area (Å²) in [6.45, 7) is 4.23. The number of aromatic nitrogens is 7. The van der Waals surface area contributed by atoms with Crippen LogP contribution in [0, 0.1) is 5.82 Å². The van der Waals surface area contributed by atoms with Gasteiger partial charge in [0.05, 0.1) is 18.8 Å². The monoisotopic (exact) mass is 425 g/mol. The van der Waals surface area contributed by atoms with E-state index in [9.17, 15) is 9.18 Å². The molecule has 0 fully saturated rings. The van der Waals surface area contributed by atoms with E-state index in [0.717, 1.165) is 17.7 Å². The Balaban J connectivity index is 1.71. The van der Waals surface area contributed by atoms with Gasteiger partial charge in [-0.25, -0.2) is 28.5 Å². The fourth-order valence-electron chi connectivity index (χ4n) is 3.22. The highest BCUT2D eigenvalue weighted by Crippen LogP contribution is 2.23. The zero-order valence-electron chi connectivity index (χ0n) is 17.0. The van der Waals surface area contributed by atoms with Gasteiger partial charge in [0.25, 0.3) is 0 Å². The van der Waals surface area contributed by atoms with Crippen molar-refractivity contribution in [3.63, 3.8) is 0 Å². The minimum atomic E-state index is -0.863. The van der Waals surface area contributed by atoms with Gasteiger partial charge in [-0.3, -0.25) is 0 Å². The molecule has 31 heavy (non-hydrogen) atoms. The van der Waals surface area contributed by atoms with Gasteiger partial charge in [0.2, 0.25) is 0 Å². The quantitative estimate of drug-likeness (QED) is 0.416. The number of rotatable bonds is 7. The van der Waals surface area contributed by atoms with E-state index in [1.807, 2.05) is 6.92 Å². The van der Waals surface area contributed by atoms with Crippen LogP contribution in [-0.4, -0.2) is 46.9 Å². The molecule has 0 aliphatic heterocycles. The van der Waals surface area contributed by atoms with Crippen molar-refractivity contribution in [3.05, 3.63) is 54.1 Å². The second-order valence-corrected chi connectivity index (χ2v) is 6.59. The van der Waals surface area contributed by atoms with Crippen LogP contribution in [0.3, 0.4) is 0 Å². The molecule has 0 saturated heterocycles. The van der Waals surface area contributed by atoms with Crippen molar-refractivity contribution in [3.8, 4) is 17.5 Å². The molecule has 160 valence electrons. The summed E-state index contributed by atoms with van der Waals surface area (Å²) in [5.74, 6) is -0.0552. The second kappa shape index (κ2) is 8.86. The topological polar surface area (TPSA) is 109 Å². The summed E-state index contributed by atoms with van der Waals surface area (Å²) >= 11 is 0. The Labute approximate surface area is 176 Å². The predicted octanol–water partition coefficient (Wildman–Crippen LogP) is 3.06. The Bertz CT molecular complexity index is 1220. The third-order valence-electron chi connectivity index (χ3n) is 4.55. The van der Waals surface area contributed by atoms with Gasteiger partial charge in [-0.2, -0.15) is 0 Å². The van der Waals surface area contributed by atoms with Crippen molar-refractivity contribution in [2.24, 2.45) is 0 Å². The van der Waals surface area contributed by atoms with Crippen molar-refractivity contribution < 1.29 is 18.7 Å². The number of carbonyl (C=O) groups is 1. The van der Waals surface area contributed by atoms with Crippen molar-refractivity contribution in [1.82, 2.24) is 34.1 Å². The zero-order chi connectivity index (χ0) is 21.8. The molecule has 4 rings (SSSR count). The molecule has 4 heterocycles. The molecule has 0 radical (unpaired) electrons. The highest BCUT2D eigenvalue weighted by Gasteiger charge is 2.19. The maximum Gasteiger partial charge on any atom is 0.516 e. The number of pyridine rings is 1. The Kier molecular flexibility index (Phi) is 5.83. The normalized spacial score (nSPS) is 11.1. The smallest absolute Gasteiger partial charge is 0.434 e. The fraction of sp³-hybridized carbons (Fsp3) is 0.300. The van der Waals surface area contributed by atoms with Gasteiger partial charge in [0.1, 0.15) is 12.0 Å². The summed E-state index contributed by atoms with van der Waals surface area (Å²) in [6, 6.07) is 2.85. The zero-order valence-corrected chi connectivity index (χ0v) is 17.0. The maximum absolute atomic E-state index is 14.2. The largest absolute Gasteiger partial charge is 0.516 e. The highest BCUT2D eigenvalue weighted by molar-refractivity contribution is 5.63. The van der Waals surface area contributed by atoms with E-state index in [1.54, 1.807) is 23.9 Å². The molecular formula is C20H20FN7O3. The number of nitrogens with zero attached hydrogens (tertiary/aromatic N) is 7. The molecule has 0 N–H and O–H groups in total. The maximum atomic E-state index is 14.2. The molecule has 0 amide bonds. The highest BCUT2D eigenvalue weighted by atomic mass is 19.1. The van der Waals surface area contributed by atoms with Gasteiger partial charge in [0, 0.05) is 24.2 Å². The van der Waals surface area contributed by atoms with Gasteiger partial charge < -0.3 is 14.0 Å². The lowest BCUT2D eigenvalue weighted by molar-refractivity contribution is 0.100. The SMILES string of the molecule is CCCc1c(Cn2ccnc2-c2ncccc2F)ncn2c(OC(=O)OCC)nnc12. The van der Waals surface area contributed by atoms with Crippen LogP contribution >= 0.6 is 0 Å². The summed E-state index contributed by atoms with van der Waals surface area (Å²) < 4.78 is 27.4. The first-order valence-corrected chi connectivity index (χ1v) is 9.80. The molecule has 0 aliphatic rings. The van der Waals surface area contributed by atoms with E-state index in [1.165, 1.54) is 29.1 Å². The van der Waals surface area contributed by atoms with E-state index in [-0.39, 0.29) is 18.3 Å². The predicted molar refractivity (Wildman–Crippen MR) is 107 cm³/mol. The number of hydrogen-bond acceptors (Lipinski definition) is 8.